The van der Waals surface area contributed by atoms with Crippen LogP contribution in [-0.2, 0) is 16.0 Å². The van der Waals surface area contributed by atoms with Crippen molar-refractivity contribution in [3.63, 3.8) is 0 Å². The normalized spacial score (nSPS) is 18.5. The molecule has 0 unspecified atom stereocenters. The van der Waals surface area contributed by atoms with Crippen LogP contribution in [0.25, 0.3) is 0 Å². The second-order valence-corrected chi connectivity index (χ2v) is 7.50. The Labute approximate surface area is 167 Å². The van der Waals surface area contributed by atoms with Gasteiger partial charge in [0.1, 0.15) is 5.41 Å². The molecule has 0 aromatic heterocycles. The molecule has 1 aromatic carbocycles. The Kier molecular flexibility index (Phi) is 6.44. The number of hydrogen-bond acceptors (Lipinski definition) is 5. The minimum atomic E-state index is -0.827. The average molecular weight is 389 g/mol. The molecule has 1 N–H and O–H groups in total. The van der Waals surface area contributed by atoms with E-state index in [-0.39, 0.29) is 11.8 Å². The molecule has 0 radical (unpaired) electrons. The van der Waals surface area contributed by atoms with Crippen LogP contribution in [0.15, 0.2) is 18.2 Å². The van der Waals surface area contributed by atoms with Crippen LogP contribution in [0.1, 0.15) is 25.3 Å². The van der Waals surface area contributed by atoms with E-state index in [9.17, 15) is 9.59 Å². The van der Waals surface area contributed by atoms with E-state index in [0.29, 0.717) is 50.4 Å². The molecular formula is C21H31N3O4. The van der Waals surface area contributed by atoms with Crippen LogP contribution in [0.3, 0.4) is 0 Å². The van der Waals surface area contributed by atoms with Crippen molar-refractivity contribution in [2.45, 2.75) is 26.2 Å². The molecule has 1 saturated carbocycles. The van der Waals surface area contributed by atoms with Crippen LogP contribution in [0.4, 0.5) is 0 Å². The number of likely N-dealkylation sites (N-methyl/N-ethyl adjacent to an activating group) is 1. The molecule has 2 amide bonds. The molecule has 0 bridgehead atoms. The average Bonchev–Trinajstić information content (AvgIpc) is 3.55. The lowest BCUT2D eigenvalue weighted by Crippen LogP contribution is -2.53. The number of rotatable bonds is 8. The third-order valence-corrected chi connectivity index (χ3v) is 5.85. The molecule has 28 heavy (non-hydrogen) atoms. The number of piperazine rings is 1. The maximum Gasteiger partial charge on any atom is 0.238 e. The van der Waals surface area contributed by atoms with Crippen LogP contribution in [0.5, 0.6) is 11.5 Å². The Balaban J connectivity index is 1.51. The highest BCUT2D eigenvalue weighted by Crippen LogP contribution is 2.47. The van der Waals surface area contributed by atoms with Crippen molar-refractivity contribution in [1.29, 1.82) is 0 Å². The fraction of sp³-hybridized carbons (Fsp3) is 0.619. The zero-order valence-corrected chi connectivity index (χ0v) is 17.1. The van der Waals surface area contributed by atoms with Crippen molar-refractivity contribution < 1.29 is 19.1 Å². The summed E-state index contributed by atoms with van der Waals surface area (Å²) in [5, 5.41) is 2.97. The molecule has 7 nitrogen and oxygen atoms in total. The van der Waals surface area contributed by atoms with Crippen LogP contribution < -0.4 is 14.8 Å². The Morgan fingerprint density at radius 2 is 1.75 bits per heavy atom. The molecule has 0 atom stereocenters. The third kappa shape index (κ3) is 4.24. The number of benzene rings is 1. The van der Waals surface area contributed by atoms with Gasteiger partial charge in [-0.15, -0.1) is 0 Å². The maximum atomic E-state index is 12.9. The van der Waals surface area contributed by atoms with Gasteiger partial charge in [-0.2, -0.15) is 0 Å². The zero-order valence-electron chi connectivity index (χ0n) is 17.1. The quantitative estimate of drug-likeness (QED) is 0.679. The Bertz CT molecular complexity index is 710. The highest BCUT2D eigenvalue weighted by Gasteiger charge is 2.57. The van der Waals surface area contributed by atoms with E-state index in [0.717, 1.165) is 25.2 Å². The summed E-state index contributed by atoms with van der Waals surface area (Å²) < 4.78 is 10.6. The topological polar surface area (TPSA) is 71.1 Å². The highest BCUT2D eigenvalue weighted by molar-refractivity contribution is 6.07. The van der Waals surface area contributed by atoms with Crippen LogP contribution in [0, 0.1) is 5.41 Å². The third-order valence-electron chi connectivity index (χ3n) is 5.85. The number of methoxy groups -OCH3 is 2. The van der Waals surface area contributed by atoms with E-state index in [1.807, 2.05) is 23.1 Å². The van der Waals surface area contributed by atoms with Gasteiger partial charge in [0.25, 0.3) is 0 Å². The Morgan fingerprint density at radius 1 is 1.07 bits per heavy atom. The number of carbonyl (C=O) groups excluding carboxylic acids is 2. The Hall–Kier alpha value is -2.28. The van der Waals surface area contributed by atoms with E-state index >= 15 is 0 Å². The second kappa shape index (κ2) is 8.82. The molecule has 2 fully saturated rings. The van der Waals surface area contributed by atoms with Crippen molar-refractivity contribution in [2.75, 3.05) is 53.5 Å². The molecule has 1 aliphatic carbocycles. The molecule has 154 valence electrons. The lowest BCUT2D eigenvalue weighted by atomic mass is 10.0. The minimum Gasteiger partial charge on any atom is -0.493 e. The van der Waals surface area contributed by atoms with E-state index in [2.05, 4.69) is 17.1 Å². The number of nitrogens with zero attached hydrogens (tertiary/aromatic N) is 2. The van der Waals surface area contributed by atoms with E-state index in [4.69, 9.17) is 9.47 Å². The van der Waals surface area contributed by atoms with E-state index in [1.54, 1.807) is 14.2 Å². The van der Waals surface area contributed by atoms with Crippen LogP contribution in [0.2, 0.25) is 0 Å². The number of amides is 2. The SMILES string of the molecule is CCN1CCN(C(=O)C2(C(=O)NCCc3ccc(OC)c(OC)c3)CC2)CC1. The van der Waals surface area contributed by atoms with Gasteiger partial charge >= 0.3 is 0 Å². The fourth-order valence-corrected chi connectivity index (χ4v) is 3.76. The van der Waals surface area contributed by atoms with Gasteiger partial charge in [-0.3, -0.25) is 9.59 Å². The van der Waals surface area contributed by atoms with Gasteiger partial charge in [-0.25, -0.2) is 0 Å². The predicted octanol–water partition coefficient (Wildman–Crippen LogP) is 1.31. The van der Waals surface area contributed by atoms with Crippen molar-refractivity contribution in [3.8, 4) is 11.5 Å². The summed E-state index contributed by atoms with van der Waals surface area (Å²) >= 11 is 0. The number of carbonyl (C=O) groups is 2. The van der Waals surface area contributed by atoms with Gasteiger partial charge in [0.2, 0.25) is 11.8 Å². The summed E-state index contributed by atoms with van der Waals surface area (Å²) in [5.74, 6) is 1.23. The highest BCUT2D eigenvalue weighted by atomic mass is 16.5. The smallest absolute Gasteiger partial charge is 0.238 e. The lowest BCUT2D eigenvalue weighted by Gasteiger charge is -2.35. The molecule has 3 rings (SSSR count). The number of hydrogen-bond donors (Lipinski definition) is 1. The van der Waals surface area contributed by atoms with Gasteiger partial charge < -0.3 is 24.6 Å². The summed E-state index contributed by atoms with van der Waals surface area (Å²) in [6.07, 6.45) is 1.98. The first-order valence-electron chi connectivity index (χ1n) is 10.0. The van der Waals surface area contributed by atoms with Gasteiger partial charge in [0.15, 0.2) is 11.5 Å². The number of ether oxygens (including phenoxy) is 2. The fourth-order valence-electron chi connectivity index (χ4n) is 3.76. The van der Waals surface area contributed by atoms with Gasteiger partial charge in [-0.1, -0.05) is 13.0 Å². The molecule has 2 aliphatic rings. The molecule has 1 aliphatic heterocycles. The Morgan fingerprint density at radius 3 is 2.32 bits per heavy atom. The molecular weight excluding hydrogens is 358 g/mol. The summed E-state index contributed by atoms with van der Waals surface area (Å²) in [5.41, 5.74) is 0.219. The van der Waals surface area contributed by atoms with Crippen LogP contribution >= 0.6 is 0 Å². The molecule has 0 spiro atoms. The molecule has 1 heterocycles. The van der Waals surface area contributed by atoms with Gasteiger partial charge in [0, 0.05) is 32.7 Å². The lowest BCUT2D eigenvalue weighted by molar-refractivity contribution is -0.145. The zero-order chi connectivity index (χ0) is 20.1. The van der Waals surface area contributed by atoms with Crippen LogP contribution in [-0.4, -0.2) is 75.1 Å². The largest absolute Gasteiger partial charge is 0.493 e. The predicted molar refractivity (Wildman–Crippen MR) is 107 cm³/mol. The molecule has 1 aromatic rings. The molecule has 7 heteroatoms. The van der Waals surface area contributed by atoms with Crippen molar-refractivity contribution >= 4 is 11.8 Å². The standard InChI is InChI=1S/C21H31N3O4/c1-4-23-11-13-24(14-12-23)20(26)21(8-9-21)19(25)22-10-7-16-5-6-17(27-2)18(15-16)28-3/h5-6,15H,4,7-14H2,1-3H3,(H,22,25). The van der Waals surface area contributed by atoms with E-state index in [1.165, 1.54) is 0 Å². The first-order valence-corrected chi connectivity index (χ1v) is 10.0. The van der Waals surface area contributed by atoms with Crippen molar-refractivity contribution in [3.05, 3.63) is 23.8 Å². The summed E-state index contributed by atoms with van der Waals surface area (Å²) in [6.45, 7) is 6.83. The van der Waals surface area contributed by atoms with Gasteiger partial charge in [0.05, 0.1) is 14.2 Å². The summed E-state index contributed by atoms with van der Waals surface area (Å²) in [6, 6.07) is 5.73. The molecule has 1 saturated heterocycles. The summed E-state index contributed by atoms with van der Waals surface area (Å²) in [4.78, 5) is 29.8. The van der Waals surface area contributed by atoms with Gasteiger partial charge in [-0.05, 0) is 43.5 Å². The monoisotopic (exact) mass is 389 g/mol. The van der Waals surface area contributed by atoms with E-state index < -0.39 is 5.41 Å². The first-order chi connectivity index (χ1) is 13.5. The summed E-state index contributed by atoms with van der Waals surface area (Å²) in [7, 11) is 3.21. The second-order valence-electron chi connectivity index (χ2n) is 7.50. The maximum absolute atomic E-state index is 12.9. The minimum absolute atomic E-state index is 0.00636. The van der Waals surface area contributed by atoms with Crippen molar-refractivity contribution in [1.82, 2.24) is 15.1 Å². The van der Waals surface area contributed by atoms with Crippen molar-refractivity contribution in [2.24, 2.45) is 5.41 Å². The first kappa shape index (κ1) is 20.5. The number of nitrogens with one attached hydrogen (secondary N) is 1.